The predicted molar refractivity (Wildman–Crippen MR) is 160 cm³/mol. The average Bonchev–Trinajstić information content (AvgIpc) is 3.71. The number of nitrogens with one attached hydrogen (secondary N) is 1. The Labute approximate surface area is 238 Å². The lowest BCUT2D eigenvalue weighted by Gasteiger charge is -2.38. The lowest BCUT2D eigenvalue weighted by atomic mass is 10.1. The Morgan fingerprint density at radius 2 is 1.68 bits per heavy atom. The third-order valence-electron chi connectivity index (χ3n) is 8.33. The molecular formula is C31H36N6O4. The maximum atomic E-state index is 13.5. The highest BCUT2D eigenvalue weighted by atomic mass is 16.3. The van der Waals surface area contributed by atoms with Crippen molar-refractivity contribution in [2.75, 3.05) is 54.4 Å². The van der Waals surface area contributed by atoms with Gasteiger partial charge in [-0.2, -0.15) is 0 Å². The monoisotopic (exact) mass is 556 g/mol. The number of nitrogens with zero attached hydrogens (tertiary/aromatic N) is 5. The highest BCUT2D eigenvalue weighted by molar-refractivity contribution is 6.06. The smallest absolute Gasteiger partial charge is 0.291 e. The molecule has 4 heterocycles. The molecule has 10 nitrogen and oxygen atoms in total. The molecule has 4 aromatic rings. The van der Waals surface area contributed by atoms with Crippen LogP contribution in [0.1, 0.15) is 35.4 Å². The van der Waals surface area contributed by atoms with Crippen molar-refractivity contribution in [1.82, 2.24) is 14.3 Å². The van der Waals surface area contributed by atoms with Crippen molar-refractivity contribution in [2.24, 2.45) is 7.05 Å². The Balaban J connectivity index is 1.29. The van der Waals surface area contributed by atoms with E-state index in [2.05, 4.69) is 46.3 Å². The molecule has 0 saturated carbocycles. The molecule has 6 rings (SSSR count). The number of para-hydroxylation sites is 1. The number of aromatic nitrogens is 2. The second kappa shape index (κ2) is 11.2. The number of amides is 2. The molecule has 2 aromatic carbocycles. The van der Waals surface area contributed by atoms with E-state index in [9.17, 15) is 14.4 Å². The van der Waals surface area contributed by atoms with Crippen molar-refractivity contribution in [2.45, 2.75) is 32.7 Å². The van der Waals surface area contributed by atoms with E-state index in [1.54, 1.807) is 22.9 Å². The zero-order valence-corrected chi connectivity index (χ0v) is 23.6. The zero-order chi connectivity index (χ0) is 28.5. The van der Waals surface area contributed by atoms with E-state index >= 15 is 0 Å². The number of aryl methyl sites for hydroxylation is 2. The highest BCUT2D eigenvalue weighted by Gasteiger charge is 2.25. The third kappa shape index (κ3) is 5.21. The molecule has 2 fully saturated rings. The van der Waals surface area contributed by atoms with Crippen molar-refractivity contribution in [3.63, 3.8) is 0 Å². The van der Waals surface area contributed by atoms with Crippen LogP contribution in [0.4, 0.5) is 17.1 Å². The van der Waals surface area contributed by atoms with Crippen LogP contribution in [0.2, 0.25) is 0 Å². The molecule has 2 amide bonds. The van der Waals surface area contributed by atoms with Crippen molar-refractivity contribution in [3.8, 4) is 0 Å². The fourth-order valence-electron chi connectivity index (χ4n) is 6.08. The van der Waals surface area contributed by atoms with Crippen LogP contribution in [-0.4, -0.2) is 65.3 Å². The molecule has 214 valence electrons. The average molecular weight is 557 g/mol. The number of furan rings is 1. The van der Waals surface area contributed by atoms with Crippen LogP contribution in [0.15, 0.2) is 64.0 Å². The normalized spacial score (nSPS) is 15.8. The minimum absolute atomic E-state index is 0.111. The number of piperazine rings is 1. The van der Waals surface area contributed by atoms with Gasteiger partial charge < -0.3 is 24.4 Å². The Hall–Kier alpha value is -4.47. The van der Waals surface area contributed by atoms with E-state index in [1.165, 1.54) is 17.5 Å². The van der Waals surface area contributed by atoms with Crippen LogP contribution in [0.3, 0.4) is 0 Å². The molecule has 0 spiro atoms. The Bertz CT molecular complexity index is 1630. The van der Waals surface area contributed by atoms with Gasteiger partial charge in [-0.3, -0.25) is 19.1 Å². The lowest BCUT2D eigenvalue weighted by molar-refractivity contribution is -0.127. The number of hydrogen-bond acceptors (Lipinski definition) is 6. The van der Waals surface area contributed by atoms with Crippen LogP contribution in [0.5, 0.6) is 0 Å². The molecule has 41 heavy (non-hydrogen) atoms. The molecule has 0 atom stereocenters. The summed E-state index contributed by atoms with van der Waals surface area (Å²) in [4.78, 5) is 45.1. The van der Waals surface area contributed by atoms with Gasteiger partial charge in [0, 0.05) is 65.0 Å². The summed E-state index contributed by atoms with van der Waals surface area (Å²) in [6.07, 6.45) is 3.69. The van der Waals surface area contributed by atoms with Crippen LogP contribution < -0.4 is 20.7 Å². The van der Waals surface area contributed by atoms with Crippen LogP contribution in [0.25, 0.3) is 10.9 Å². The molecule has 0 unspecified atom stereocenters. The van der Waals surface area contributed by atoms with Gasteiger partial charge in [-0.15, -0.1) is 0 Å². The van der Waals surface area contributed by atoms with Gasteiger partial charge in [0.2, 0.25) is 5.91 Å². The number of rotatable bonds is 8. The third-order valence-corrected chi connectivity index (χ3v) is 8.33. The van der Waals surface area contributed by atoms with E-state index in [4.69, 9.17) is 4.42 Å². The molecular weight excluding hydrogens is 520 g/mol. The van der Waals surface area contributed by atoms with E-state index < -0.39 is 0 Å². The maximum absolute atomic E-state index is 13.5. The van der Waals surface area contributed by atoms with Crippen molar-refractivity contribution < 1.29 is 14.0 Å². The summed E-state index contributed by atoms with van der Waals surface area (Å²) in [6.45, 7) is 7.28. The fourth-order valence-corrected chi connectivity index (χ4v) is 6.08. The summed E-state index contributed by atoms with van der Waals surface area (Å²) in [5.74, 6) is 0.0431. The first-order chi connectivity index (χ1) is 19.9. The Morgan fingerprint density at radius 1 is 0.927 bits per heavy atom. The summed E-state index contributed by atoms with van der Waals surface area (Å²) < 4.78 is 8.95. The summed E-state index contributed by atoms with van der Waals surface area (Å²) in [5.41, 5.74) is 4.64. The standard InChI is InChI=1S/C31H36N6O4/c1-22-8-3-4-9-25(22)34-15-17-35(18-16-34)27-21-26-23(20-24(27)32-30(39)28-10-6-19-41-28)31(40)37(33(26)2)14-7-13-36-12-5-11-29(36)38/h3-4,6,8-10,19-21H,5,7,11-18H2,1-2H3,(H,32,39). The number of carbonyl (C=O) groups excluding carboxylic acids is 2. The molecule has 0 bridgehead atoms. The largest absolute Gasteiger partial charge is 0.459 e. The number of likely N-dealkylation sites (tertiary alicyclic amines) is 1. The number of benzene rings is 2. The van der Waals surface area contributed by atoms with Crippen LogP contribution >= 0.6 is 0 Å². The first-order valence-corrected chi connectivity index (χ1v) is 14.3. The first-order valence-electron chi connectivity index (χ1n) is 14.3. The van der Waals surface area contributed by atoms with E-state index in [0.717, 1.165) is 50.3 Å². The van der Waals surface area contributed by atoms with Crippen LogP contribution in [0, 0.1) is 6.92 Å². The Kier molecular flexibility index (Phi) is 7.30. The van der Waals surface area contributed by atoms with Gasteiger partial charge in [-0.1, -0.05) is 18.2 Å². The van der Waals surface area contributed by atoms with Gasteiger partial charge in [0.25, 0.3) is 11.5 Å². The molecule has 1 N–H and O–H groups in total. The van der Waals surface area contributed by atoms with E-state index in [0.29, 0.717) is 37.0 Å². The predicted octanol–water partition coefficient (Wildman–Crippen LogP) is 3.83. The van der Waals surface area contributed by atoms with Gasteiger partial charge in [0.1, 0.15) is 0 Å². The quantitative estimate of drug-likeness (QED) is 0.355. The molecule has 0 radical (unpaired) electrons. The first kappa shape index (κ1) is 26.7. The SMILES string of the molecule is Cc1ccccc1N1CCN(c2cc3c(cc2NC(=O)c2ccco2)c(=O)n(CCCN2CCCC2=O)n3C)CC1. The van der Waals surface area contributed by atoms with Gasteiger partial charge in [-0.25, -0.2) is 4.68 Å². The Morgan fingerprint density at radius 3 is 2.37 bits per heavy atom. The minimum Gasteiger partial charge on any atom is -0.459 e. The summed E-state index contributed by atoms with van der Waals surface area (Å²) in [7, 11) is 1.89. The van der Waals surface area contributed by atoms with Gasteiger partial charge in [-0.05, 0) is 55.7 Å². The minimum atomic E-state index is -0.360. The molecule has 2 aliphatic rings. The van der Waals surface area contributed by atoms with Gasteiger partial charge in [0.05, 0.1) is 28.5 Å². The topological polar surface area (TPSA) is 96.0 Å². The van der Waals surface area contributed by atoms with Crippen molar-refractivity contribution in [3.05, 3.63) is 76.5 Å². The number of carbonyl (C=O) groups is 2. The molecule has 10 heteroatoms. The second-order valence-corrected chi connectivity index (χ2v) is 10.9. The van der Waals surface area contributed by atoms with Gasteiger partial charge >= 0.3 is 0 Å². The molecule has 2 aromatic heterocycles. The maximum Gasteiger partial charge on any atom is 0.291 e. The molecule has 2 saturated heterocycles. The van der Waals surface area contributed by atoms with E-state index in [-0.39, 0.29) is 23.1 Å². The lowest BCUT2D eigenvalue weighted by Crippen LogP contribution is -2.47. The summed E-state index contributed by atoms with van der Waals surface area (Å²) >= 11 is 0. The summed E-state index contributed by atoms with van der Waals surface area (Å²) in [5, 5.41) is 3.55. The van der Waals surface area contributed by atoms with Crippen LogP contribution in [-0.2, 0) is 18.4 Å². The van der Waals surface area contributed by atoms with Gasteiger partial charge in [0.15, 0.2) is 5.76 Å². The number of fused-ring (bicyclic) bond motifs is 1. The number of anilines is 3. The summed E-state index contributed by atoms with van der Waals surface area (Å²) in [6, 6.07) is 15.5. The molecule has 2 aliphatic heterocycles. The zero-order valence-electron chi connectivity index (χ0n) is 23.6. The highest BCUT2D eigenvalue weighted by Crippen LogP contribution is 2.33. The fraction of sp³-hybridized carbons (Fsp3) is 0.387. The molecule has 0 aliphatic carbocycles. The van der Waals surface area contributed by atoms with E-state index in [1.807, 2.05) is 22.7 Å². The van der Waals surface area contributed by atoms with Crippen molar-refractivity contribution in [1.29, 1.82) is 0 Å². The number of hydrogen-bond donors (Lipinski definition) is 1. The second-order valence-electron chi connectivity index (χ2n) is 10.9. The van der Waals surface area contributed by atoms with Crippen molar-refractivity contribution >= 4 is 39.8 Å².